The number of rotatable bonds is 3. The third kappa shape index (κ3) is 3.72. The van der Waals surface area contributed by atoms with E-state index < -0.39 is 0 Å². The second-order valence-electron chi connectivity index (χ2n) is 4.05. The van der Waals surface area contributed by atoms with Gasteiger partial charge in [0.25, 0.3) is 5.91 Å². The first-order chi connectivity index (χ1) is 9.06. The lowest BCUT2D eigenvalue weighted by Gasteiger charge is -2.07. The van der Waals surface area contributed by atoms with Gasteiger partial charge >= 0.3 is 0 Å². The highest BCUT2D eigenvalue weighted by atomic mass is 79.9. The van der Waals surface area contributed by atoms with E-state index in [1.165, 1.54) is 0 Å². The highest BCUT2D eigenvalue weighted by molar-refractivity contribution is 9.10. The largest absolute Gasteiger partial charge is 0.398 e. The van der Waals surface area contributed by atoms with Gasteiger partial charge in [-0.15, -0.1) is 0 Å². The first-order valence-corrected chi connectivity index (χ1v) is 6.81. The van der Waals surface area contributed by atoms with Gasteiger partial charge < -0.3 is 11.1 Å². The SMILES string of the molecule is Nc1cc(C(=O)NCc2cccc(Br)c2)ccc1Cl. The van der Waals surface area contributed by atoms with Crippen molar-refractivity contribution in [3.8, 4) is 0 Å². The van der Waals surface area contributed by atoms with Crippen LogP contribution in [0.5, 0.6) is 0 Å². The molecule has 0 fully saturated rings. The number of halogens is 2. The Balaban J connectivity index is 2.03. The van der Waals surface area contributed by atoms with E-state index in [0.717, 1.165) is 10.0 Å². The Bertz CT molecular complexity index is 616. The molecule has 0 spiro atoms. The van der Waals surface area contributed by atoms with Crippen LogP contribution in [0.1, 0.15) is 15.9 Å². The van der Waals surface area contributed by atoms with Crippen LogP contribution in [-0.2, 0) is 6.54 Å². The van der Waals surface area contributed by atoms with E-state index in [1.807, 2.05) is 24.3 Å². The molecule has 0 saturated heterocycles. The second-order valence-corrected chi connectivity index (χ2v) is 5.37. The number of hydrogen-bond donors (Lipinski definition) is 2. The van der Waals surface area contributed by atoms with E-state index in [-0.39, 0.29) is 5.91 Å². The Morgan fingerprint density at radius 3 is 2.74 bits per heavy atom. The molecule has 0 bridgehead atoms. The molecule has 3 N–H and O–H groups in total. The van der Waals surface area contributed by atoms with Crippen molar-refractivity contribution in [2.45, 2.75) is 6.54 Å². The fraction of sp³-hybridized carbons (Fsp3) is 0.0714. The highest BCUT2D eigenvalue weighted by Crippen LogP contribution is 2.19. The average Bonchev–Trinajstić information content (AvgIpc) is 2.39. The van der Waals surface area contributed by atoms with Crippen molar-refractivity contribution in [3.63, 3.8) is 0 Å². The third-order valence-corrected chi connectivity index (χ3v) is 3.44. The molecule has 0 saturated carbocycles. The number of hydrogen-bond acceptors (Lipinski definition) is 2. The highest BCUT2D eigenvalue weighted by Gasteiger charge is 2.07. The maximum Gasteiger partial charge on any atom is 0.251 e. The maximum absolute atomic E-state index is 11.9. The van der Waals surface area contributed by atoms with Crippen LogP contribution in [0.4, 0.5) is 5.69 Å². The molecule has 2 rings (SSSR count). The molecule has 0 unspecified atom stereocenters. The number of anilines is 1. The fourth-order valence-electron chi connectivity index (χ4n) is 1.62. The van der Waals surface area contributed by atoms with Crippen LogP contribution < -0.4 is 11.1 Å². The molecule has 0 aliphatic rings. The van der Waals surface area contributed by atoms with Gasteiger partial charge in [0.15, 0.2) is 0 Å². The molecule has 0 aliphatic heterocycles. The summed E-state index contributed by atoms with van der Waals surface area (Å²) in [7, 11) is 0. The Morgan fingerprint density at radius 1 is 1.26 bits per heavy atom. The van der Waals surface area contributed by atoms with Crippen LogP contribution >= 0.6 is 27.5 Å². The van der Waals surface area contributed by atoms with Crippen molar-refractivity contribution in [2.24, 2.45) is 0 Å². The minimum Gasteiger partial charge on any atom is -0.398 e. The maximum atomic E-state index is 11.9. The second kappa shape index (κ2) is 6.08. The van der Waals surface area contributed by atoms with Crippen LogP contribution in [0.15, 0.2) is 46.9 Å². The van der Waals surface area contributed by atoms with Gasteiger partial charge in [-0.1, -0.05) is 39.7 Å². The van der Waals surface area contributed by atoms with Gasteiger partial charge in [-0.05, 0) is 35.9 Å². The molecular formula is C14H12BrClN2O. The summed E-state index contributed by atoms with van der Waals surface area (Å²) < 4.78 is 0.981. The lowest BCUT2D eigenvalue weighted by molar-refractivity contribution is 0.0951. The first kappa shape index (κ1) is 13.9. The quantitative estimate of drug-likeness (QED) is 0.839. The van der Waals surface area contributed by atoms with Gasteiger partial charge in [0, 0.05) is 16.6 Å². The van der Waals surface area contributed by atoms with Gasteiger partial charge in [0.05, 0.1) is 10.7 Å². The van der Waals surface area contributed by atoms with Crippen LogP contribution in [0.3, 0.4) is 0 Å². The summed E-state index contributed by atoms with van der Waals surface area (Å²) in [6.07, 6.45) is 0. The molecule has 0 heterocycles. The third-order valence-electron chi connectivity index (χ3n) is 2.60. The molecule has 2 aromatic rings. The molecule has 5 heteroatoms. The Labute approximate surface area is 124 Å². The molecule has 98 valence electrons. The lowest BCUT2D eigenvalue weighted by Crippen LogP contribution is -2.22. The fourth-order valence-corrected chi connectivity index (χ4v) is 2.18. The number of nitrogen functional groups attached to an aromatic ring is 1. The van der Waals surface area contributed by atoms with E-state index in [2.05, 4.69) is 21.2 Å². The predicted molar refractivity (Wildman–Crippen MR) is 81.2 cm³/mol. The van der Waals surface area contributed by atoms with E-state index in [9.17, 15) is 4.79 Å². The topological polar surface area (TPSA) is 55.1 Å². The monoisotopic (exact) mass is 338 g/mol. The zero-order valence-corrected chi connectivity index (χ0v) is 12.3. The van der Waals surface area contributed by atoms with E-state index >= 15 is 0 Å². The summed E-state index contributed by atoms with van der Waals surface area (Å²) in [6, 6.07) is 12.6. The number of nitrogens with one attached hydrogen (secondary N) is 1. The van der Waals surface area contributed by atoms with Crippen molar-refractivity contribution in [1.82, 2.24) is 5.32 Å². The van der Waals surface area contributed by atoms with Gasteiger partial charge in [0.1, 0.15) is 0 Å². The summed E-state index contributed by atoms with van der Waals surface area (Å²) in [5.41, 5.74) is 7.58. The van der Waals surface area contributed by atoms with Crippen molar-refractivity contribution < 1.29 is 4.79 Å². The van der Waals surface area contributed by atoms with E-state index in [1.54, 1.807) is 18.2 Å². The van der Waals surface area contributed by atoms with Gasteiger partial charge in [-0.2, -0.15) is 0 Å². The summed E-state index contributed by atoms with van der Waals surface area (Å²) in [5.74, 6) is -0.177. The standard InChI is InChI=1S/C14H12BrClN2O/c15-11-3-1-2-9(6-11)8-18-14(19)10-4-5-12(16)13(17)7-10/h1-7H,8,17H2,(H,18,19). The van der Waals surface area contributed by atoms with Crippen molar-refractivity contribution in [1.29, 1.82) is 0 Å². The number of carbonyl (C=O) groups excluding carboxylic acids is 1. The Hall–Kier alpha value is -1.52. The number of benzene rings is 2. The zero-order valence-electron chi connectivity index (χ0n) is 9.99. The number of amides is 1. The van der Waals surface area contributed by atoms with Gasteiger partial charge in [0.2, 0.25) is 0 Å². The van der Waals surface area contributed by atoms with Crippen LogP contribution in [0, 0.1) is 0 Å². The Morgan fingerprint density at radius 2 is 2.05 bits per heavy atom. The van der Waals surface area contributed by atoms with Gasteiger partial charge in [-0.3, -0.25) is 4.79 Å². The summed E-state index contributed by atoms with van der Waals surface area (Å²) >= 11 is 9.20. The molecule has 3 nitrogen and oxygen atoms in total. The van der Waals surface area contributed by atoms with Crippen LogP contribution in [0.25, 0.3) is 0 Å². The number of nitrogens with two attached hydrogens (primary N) is 1. The zero-order chi connectivity index (χ0) is 13.8. The van der Waals surface area contributed by atoms with Crippen LogP contribution in [-0.4, -0.2) is 5.91 Å². The Kier molecular flexibility index (Phi) is 4.45. The smallest absolute Gasteiger partial charge is 0.251 e. The van der Waals surface area contributed by atoms with Gasteiger partial charge in [-0.25, -0.2) is 0 Å². The minimum absolute atomic E-state index is 0.177. The normalized spacial score (nSPS) is 10.2. The molecule has 0 aromatic heterocycles. The van der Waals surface area contributed by atoms with Crippen molar-refractivity contribution >= 4 is 39.1 Å². The molecule has 0 atom stereocenters. The molecule has 0 aliphatic carbocycles. The summed E-state index contributed by atoms with van der Waals surface area (Å²) in [6.45, 7) is 0.459. The summed E-state index contributed by atoms with van der Waals surface area (Å²) in [5, 5.41) is 3.28. The van der Waals surface area contributed by atoms with Crippen molar-refractivity contribution in [3.05, 3.63) is 63.1 Å². The van der Waals surface area contributed by atoms with Crippen molar-refractivity contribution in [2.75, 3.05) is 5.73 Å². The molecule has 19 heavy (non-hydrogen) atoms. The first-order valence-electron chi connectivity index (χ1n) is 5.64. The number of carbonyl (C=O) groups is 1. The molecular weight excluding hydrogens is 328 g/mol. The van der Waals surface area contributed by atoms with E-state index in [0.29, 0.717) is 22.8 Å². The lowest BCUT2D eigenvalue weighted by atomic mass is 10.1. The summed E-state index contributed by atoms with van der Waals surface area (Å²) in [4.78, 5) is 11.9. The molecule has 2 aromatic carbocycles. The van der Waals surface area contributed by atoms with E-state index in [4.69, 9.17) is 17.3 Å². The minimum atomic E-state index is -0.177. The predicted octanol–water partition coefficient (Wildman–Crippen LogP) is 3.61. The molecule has 0 radical (unpaired) electrons. The van der Waals surface area contributed by atoms with Crippen LogP contribution in [0.2, 0.25) is 5.02 Å². The molecule has 1 amide bonds. The average molecular weight is 340 g/mol.